The van der Waals surface area contributed by atoms with Crippen molar-refractivity contribution in [3.8, 4) is 11.1 Å². The molecule has 1 aliphatic heterocycles. The number of rotatable bonds is 5. The number of aromatic nitrogens is 2. The van der Waals surface area contributed by atoms with Crippen LogP contribution < -0.4 is 16.0 Å². The van der Waals surface area contributed by atoms with Crippen molar-refractivity contribution in [1.29, 1.82) is 0 Å². The van der Waals surface area contributed by atoms with Gasteiger partial charge < -0.3 is 16.0 Å². The second kappa shape index (κ2) is 8.22. The van der Waals surface area contributed by atoms with Crippen LogP contribution in [0.25, 0.3) is 21.3 Å². The first-order valence-corrected chi connectivity index (χ1v) is 10.8. The van der Waals surface area contributed by atoms with E-state index >= 15 is 0 Å². The van der Waals surface area contributed by atoms with Gasteiger partial charge in [-0.2, -0.15) is 0 Å². The van der Waals surface area contributed by atoms with Crippen molar-refractivity contribution in [2.75, 3.05) is 18.4 Å². The van der Waals surface area contributed by atoms with Crippen LogP contribution in [0.15, 0.2) is 66.9 Å². The SMILES string of the molecule is O=C(N[C@H]1CCNC1)c1ccnc(Nc2nc3ccc(-c4ccccc4)cc3s2)c1. The molecule has 0 bridgehead atoms. The van der Waals surface area contributed by atoms with Gasteiger partial charge in [0.15, 0.2) is 5.13 Å². The molecular formula is C23H21N5OS. The van der Waals surface area contributed by atoms with Gasteiger partial charge in [0, 0.05) is 24.3 Å². The Labute approximate surface area is 178 Å². The minimum absolute atomic E-state index is 0.0778. The maximum Gasteiger partial charge on any atom is 0.251 e. The smallest absolute Gasteiger partial charge is 0.251 e. The van der Waals surface area contributed by atoms with Gasteiger partial charge in [0.2, 0.25) is 0 Å². The van der Waals surface area contributed by atoms with E-state index in [9.17, 15) is 4.79 Å². The number of carbonyl (C=O) groups excluding carboxylic acids is 1. The van der Waals surface area contributed by atoms with Crippen LogP contribution in [0.3, 0.4) is 0 Å². The summed E-state index contributed by atoms with van der Waals surface area (Å²) in [6, 6.07) is 20.2. The molecule has 4 aromatic rings. The third-order valence-corrected chi connectivity index (χ3v) is 6.08. The molecule has 6 nitrogen and oxygen atoms in total. The lowest BCUT2D eigenvalue weighted by Gasteiger charge is -2.11. The summed E-state index contributed by atoms with van der Waals surface area (Å²) in [7, 11) is 0. The molecule has 150 valence electrons. The number of anilines is 2. The Morgan fingerprint density at radius 1 is 1.07 bits per heavy atom. The monoisotopic (exact) mass is 415 g/mol. The van der Waals surface area contributed by atoms with Crippen LogP contribution in [-0.4, -0.2) is 35.0 Å². The van der Waals surface area contributed by atoms with Crippen LogP contribution in [-0.2, 0) is 0 Å². The zero-order valence-electron chi connectivity index (χ0n) is 16.3. The molecule has 2 aromatic heterocycles. The van der Waals surface area contributed by atoms with E-state index in [4.69, 9.17) is 0 Å². The summed E-state index contributed by atoms with van der Waals surface area (Å²) in [5, 5.41) is 10.3. The molecule has 1 saturated heterocycles. The molecule has 1 fully saturated rings. The van der Waals surface area contributed by atoms with Crippen molar-refractivity contribution in [3.63, 3.8) is 0 Å². The summed E-state index contributed by atoms with van der Waals surface area (Å²) < 4.78 is 1.10. The number of pyridine rings is 1. The van der Waals surface area contributed by atoms with E-state index in [-0.39, 0.29) is 11.9 Å². The predicted octanol–water partition coefficient (Wildman–Crippen LogP) is 4.19. The molecular weight excluding hydrogens is 394 g/mol. The average molecular weight is 416 g/mol. The lowest BCUT2D eigenvalue weighted by Crippen LogP contribution is -2.36. The van der Waals surface area contributed by atoms with Crippen molar-refractivity contribution < 1.29 is 4.79 Å². The molecule has 1 amide bonds. The number of carbonyl (C=O) groups is 1. The highest BCUT2D eigenvalue weighted by Gasteiger charge is 2.18. The minimum atomic E-state index is -0.0778. The Morgan fingerprint density at radius 3 is 2.80 bits per heavy atom. The fourth-order valence-electron chi connectivity index (χ4n) is 3.58. The van der Waals surface area contributed by atoms with Gasteiger partial charge in [0.25, 0.3) is 5.91 Å². The van der Waals surface area contributed by atoms with Gasteiger partial charge in [-0.25, -0.2) is 9.97 Å². The average Bonchev–Trinajstić information content (AvgIpc) is 3.43. The van der Waals surface area contributed by atoms with Gasteiger partial charge >= 0.3 is 0 Å². The van der Waals surface area contributed by atoms with Crippen LogP contribution in [0.4, 0.5) is 10.9 Å². The summed E-state index contributed by atoms with van der Waals surface area (Å²) >= 11 is 1.57. The molecule has 30 heavy (non-hydrogen) atoms. The van der Waals surface area contributed by atoms with E-state index in [1.807, 2.05) is 24.3 Å². The van der Waals surface area contributed by atoms with E-state index in [1.165, 1.54) is 5.56 Å². The highest BCUT2D eigenvalue weighted by Crippen LogP contribution is 2.31. The number of fused-ring (bicyclic) bond motifs is 1. The minimum Gasteiger partial charge on any atom is -0.348 e. The molecule has 0 aliphatic carbocycles. The van der Waals surface area contributed by atoms with Crippen molar-refractivity contribution in [2.45, 2.75) is 12.5 Å². The lowest BCUT2D eigenvalue weighted by molar-refractivity contribution is 0.0940. The maximum atomic E-state index is 12.5. The normalized spacial score (nSPS) is 15.9. The number of amides is 1. The van der Waals surface area contributed by atoms with Crippen LogP contribution in [0, 0.1) is 0 Å². The predicted molar refractivity (Wildman–Crippen MR) is 121 cm³/mol. The van der Waals surface area contributed by atoms with Crippen molar-refractivity contribution in [2.24, 2.45) is 0 Å². The summed E-state index contributed by atoms with van der Waals surface area (Å²) in [6.45, 7) is 1.76. The number of benzene rings is 2. The molecule has 0 saturated carbocycles. The summed E-state index contributed by atoms with van der Waals surface area (Å²) in [5.41, 5.74) is 3.87. The second-order valence-corrected chi connectivity index (χ2v) is 8.32. The highest BCUT2D eigenvalue weighted by molar-refractivity contribution is 7.22. The van der Waals surface area contributed by atoms with E-state index in [1.54, 1.807) is 29.7 Å². The molecule has 3 heterocycles. The second-order valence-electron chi connectivity index (χ2n) is 7.29. The third kappa shape index (κ3) is 4.03. The highest BCUT2D eigenvalue weighted by atomic mass is 32.1. The molecule has 5 rings (SSSR count). The van der Waals surface area contributed by atoms with Crippen LogP contribution >= 0.6 is 11.3 Å². The van der Waals surface area contributed by atoms with Crippen LogP contribution in [0.1, 0.15) is 16.8 Å². The summed E-state index contributed by atoms with van der Waals surface area (Å²) in [4.78, 5) is 21.5. The fourth-order valence-corrected chi connectivity index (χ4v) is 4.50. The third-order valence-electron chi connectivity index (χ3n) is 5.15. The Morgan fingerprint density at radius 2 is 1.97 bits per heavy atom. The van der Waals surface area contributed by atoms with Crippen molar-refractivity contribution in [1.82, 2.24) is 20.6 Å². The van der Waals surface area contributed by atoms with E-state index < -0.39 is 0 Å². The van der Waals surface area contributed by atoms with Gasteiger partial charge in [-0.15, -0.1) is 0 Å². The Kier molecular flexibility index (Phi) is 5.13. The number of nitrogens with zero attached hydrogens (tertiary/aromatic N) is 2. The zero-order valence-corrected chi connectivity index (χ0v) is 17.1. The van der Waals surface area contributed by atoms with Gasteiger partial charge in [-0.05, 0) is 48.4 Å². The van der Waals surface area contributed by atoms with E-state index in [2.05, 4.69) is 50.2 Å². The maximum absolute atomic E-state index is 12.5. The topological polar surface area (TPSA) is 78.9 Å². The number of hydrogen-bond acceptors (Lipinski definition) is 6. The first kappa shape index (κ1) is 18.7. The molecule has 0 unspecified atom stereocenters. The number of thiazole rings is 1. The Balaban J connectivity index is 1.34. The molecule has 2 aromatic carbocycles. The molecule has 0 spiro atoms. The Hall–Kier alpha value is -3.29. The lowest BCUT2D eigenvalue weighted by atomic mass is 10.1. The van der Waals surface area contributed by atoms with E-state index in [0.29, 0.717) is 11.4 Å². The first-order chi connectivity index (χ1) is 14.7. The quantitative estimate of drug-likeness (QED) is 0.455. The van der Waals surface area contributed by atoms with Gasteiger partial charge in [0.1, 0.15) is 5.82 Å². The van der Waals surface area contributed by atoms with Crippen molar-refractivity contribution in [3.05, 3.63) is 72.4 Å². The zero-order chi connectivity index (χ0) is 20.3. The Bertz CT molecular complexity index is 1180. The van der Waals surface area contributed by atoms with Gasteiger partial charge in [0.05, 0.1) is 10.2 Å². The van der Waals surface area contributed by atoms with Crippen LogP contribution in [0.2, 0.25) is 0 Å². The van der Waals surface area contributed by atoms with Crippen molar-refractivity contribution >= 4 is 38.4 Å². The van der Waals surface area contributed by atoms with Gasteiger partial charge in [-0.3, -0.25) is 4.79 Å². The van der Waals surface area contributed by atoms with Crippen LogP contribution in [0.5, 0.6) is 0 Å². The molecule has 7 heteroatoms. The first-order valence-electron chi connectivity index (χ1n) is 9.95. The van der Waals surface area contributed by atoms with Gasteiger partial charge in [-0.1, -0.05) is 47.7 Å². The van der Waals surface area contributed by atoms with E-state index in [0.717, 1.165) is 40.4 Å². The molecule has 3 N–H and O–H groups in total. The molecule has 0 radical (unpaired) electrons. The largest absolute Gasteiger partial charge is 0.348 e. The standard InChI is InChI=1S/C23H21N5OS/c29-22(26-18-9-10-24-14-18)17-8-11-25-21(13-17)28-23-27-19-7-6-16(12-20(19)30-23)15-4-2-1-3-5-15/h1-8,11-13,18,24H,9-10,14H2,(H,26,29)(H,25,27,28)/t18-/m0/s1. The summed E-state index contributed by atoms with van der Waals surface area (Å²) in [6.07, 6.45) is 2.60. The molecule has 1 atom stereocenters. The fraction of sp³-hybridized carbons (Fsp3) is 0.174. The number of nitrogens with one attached hydrogen (secondary N) is 3. The summed E-state index contributed by atoms with van der Waals surface area (Å²) in [5.74, 6) is 0.528. The number of hydrogen-bond donors (Lipinski definition) is 3. The molecule has 1 aliphatic rings.